The van der Waals surface area contributed by atoms with Crippen LogP contribution in [0.3, 0.4) is 0 Å². The van der Waals surface area contributed by atoms with Gasteiger partial charge in [0.05, 0.1) is 0 Å². The van der Waals surface area contributed by atoms with Crippen molar-refractivity contribution in [2.24, 2.45) is 0 Å². The van der Waals surface area contributed by atoms with E-state index in [4.69, 9.17) is 8.83 Å². The van der Waals surface area contributed by atoms with E-state index in [9.17, 15) is 10.1 Å². The number of hydrogen-bond acceptors (Lipinski definition) is 5. The lowest BCUT2D eigenvalue weighted by molar-refractivity contribution is 0.102. The van der Waals surface area contributed by atoms with E-state index in [1.165, 1.54) is 0 Å². The van der Waals surface area contributed by atoms with Crippen LogP contribution in [0.4, 0.5) is 5.69 Å². The van der Waals surface area contributed by atoms with Crippen molar-refractivity contribution in [3.8, 4) is 12.0 Å². The molecule has 1 aromatic carbocycles. The number of nitriles is 1. The number of hydrogen-bond donors (Lipinski definition) is 1. The molecule has 0 aliphatic rings. The first-order valence-electron chi connectivity index (χ1n) is 9.17. The molecule has 0 fully saturated rings. The quantitative estimate of drug-likeness (QED) is 0.536. The Morgan fingerprint density at radius 3 is 2.59 bits per heavy atom. The van der Waals surface area contributed by atoms with E-state index in [-0.39, 0.29) is 16.5 Å². The van der Waals surface area contributed by atoms with Crippen LogP contribution >= 0.6 is 0 Å². The van der Waals surface area contributed by atoms with Crippen molar-refractivity contribution in [1.82, 2.24) is 9.55 Å². The maximum absolute atomic E-state index is 12.9. The summed E-state index contributed by atoms with van der Waals surface area (Å²) in [4.78, 5) is 17.4. The van der Waals surface area contributed by atoms with Crippen molar-refractivity contribution in [2.45, 2.75) is 33.1 Å². The maximum atomic E-state index is 12.9. The number of fused-ring (bicyclic) bond motifs is 1. The zero-order chi connectivity index (χ0) is 20.8. The number of nitrogens with zero attached hydrogens (tertiary/aromatic N) is 3. The van der Waals surface area contributed by atoms with Crippen LogP contribution in [-0.2, 0) is 5.41 Å². The standard InChI is InChI=1S/C22H20N4O3/c1-13-18(15(12-23)20(28-13)26-9-5-6-10-26)19(27)24-14-7-8-17-16(11-14)25-21(29-17)22(2,3)4/h5-11H,1-4H3,(H,24,27). The Balaban J connectivity index is 1.67. The Labute approximate surface area is 167 Å². The lowest BCUT2D eigenvalue weighted by Gasteiger charge is -2.11. The summed E-state index contributed by atoms with van der Waals surface area (Å²) in [6.45, 7) is 7.73. The van der Waals surface area contributed by atoms with Crippen molar-refractivity contribution < 1.29 is 13.6 Å². The molecule has 3 heterocycles. The SMILES string of the molecule is Cc1oc(-n2cccc2)c(C#N)c1C(=O)Nc1ccc2oc(C(C)(C)C)nc2c1. The molecule has 0 atom stereocenters. The van der Waals surface area contributed by atoms with Gasteiger partial charge in [-0.25, -0.2) is 4.98 Å². The molecule has 7 nitrogen and oxygen atoms in total. The molecule has 0 bridgehead atoms. The molecule has 0 aliphatic carbocycles. The molecule has 0 spiro atoms. The van der Waals surface area contributed by atoms with Crippen LogP contribution in [0.25, 0.3) is 17.0 Å². The fourth-order valence-electron chi connectivity index (χ4n) is 3.08. The Hall–Kier alpha value is -3.79. The van der Waals surface area contributed by atoms with Gasteiger partial charge in [-0.3, -0.25) is 9.36 Å². The zero-order valence-electron chi connectivity index (χ0n) is 16.6. The van der Waals surface area contributed by atoms with E-state index in [1.54, 1.807) is 42.1 Å². The Bertz CT molecular complexity index is 1250. The van der Waals surface area contributed by atoms with Crippen molar-refractivity contribution in [3.63, 3.8) is 0 Å². The molecular weight excluding hydrogens is 368 g/mol. The molecule has 29 heavy (non-hydrogen) atoms. The zero-order valence-corrected chi connectivity index (χ0v) is 16.6. The minimum atomic E-state index is -0.417. The number of nitrogens with one attached hydrogen (secondary N) is 1. The Morgan fingerprint density at radius 2 is 1.93 bits per heavy atom. The van der Waals surface area contributed by atoms with Crippen molar-refractivity contribution in [2.75, 3.05) is 5.32 Å². The number of benzene rings is 1. The van der Waals surface area contributed by atoms with E-state index in [0.717, 1.165) is 0 Å². The highest BCUT2D eigenvalue weighted by atomic mass is 16.4. The van der Waals surface area contributed by atoms with Crippen LogP contribution in [0.15, 0.2) is 51.6 Å². The van der Waals surface area contributed by atoms with Gasteiger partial charge in [-0.1, -0.05) is 20.8 Å². The number of aryl methyl sites for hydroxylation is 1. The summed E-state index contributed by atoms with van der Waals surface area (Å²) in [5.41, 5.74) is 2.06. The predicted molar refractivity (Wildman–Crippen MR) is 108 cm³/mol. The van der Waals surface area contributed by atoms with E-state index >= 15 is 0 Å². The third kappa shape index (κ3) is 3.29. The summed E-state index contributed by atoms with van der Waals surface area (Å²) >= 11 is 0. The third-order valence-corrected chi connectivity index (χ3v) is 4.53. The molecule has 4 rings (SSSR count). The van der Waals surface area contributed by atoms with Gasteiger partial charge in [0.1, 0.15) is 28.5 Å². The normalized spacial score (nSPS) is 11.6. The van der Waals surface area contributed by atoms with Gasteiger partial charge in [-0.15, -0.1) is 0 Å². The van der Waals surface area contributed by atoms with Gasteiger partial charge in [0.25, 0.3) is 5.91 Å². The molecule has 146 valence electrons. The van der Waals surface area contributed by atoms with Gasteiger partial charge >= 0.3 is 0 Å². The molecule has 0 saturated heterocycles. The predicted octanol–water partition coefficient (Wildman–Crippen LogP) is 4.94. The lowest BCUT2D eigenvalue weighted by atomic mass is 9.97. The average Bonchev–Trinajstić information content (AvgIpc) is 3.38. The highest BCUT2D eigenvalue weighted by molar-refractivity contribution is 6.07. The van der Waals surface area contributed by atoms with Crippen molar-refractivity contribution >= 4 is 22.7 Å². The first kappa shape index (κ1) is 18.6. The Kier molecular flexibility index (Phi) is 4.27. The first-order chi connectivity index (χ1) is 13.8. The fourth-order valence-corrected chi connectivity index (χ4v) is 3.08. The van der Waals surface area contributed by atoms with Crippen LogP contribution < -0.4 is 5.32 Å². The van der Waals surface area contributed by atoms with E-state index in [0.29, 0.717) is 34.3 Å². The molecule has 3 aromatic heterocycles. The van der Waals surface area contributed by atoms with Crippen LogP contribution in [0.2, 0.25) is 0 Å². The molecule has 0 radical (unpaired) electrons. The van der Waals surface area contributed by atoms with Crippen molar-refractivity contribution in [1.29, 1.82) is 5.26 Å². The molecule has 0 unspecified atom stereocenters. The number of furan rings is 1. The monoisotopic (exact) mass is 388 g/mol. The molecule has 7 heteroatoms. The number of aromatic nitrogens is 2. The number of rotatable bonds is 3. The van der Waals surface area contributed by atoms with E-state index in [2.05, 4.69) is 16.4 Å². The highest BCUT2D eigenvalue weighted by Crippen LogP contribution is 2.29. The van der Waals surface area contributed by atoms with Gasteiger partial charge in [0.2, 0.25) is 11.8 Å². The first-order valence-corrected chi connectivity index (χ1v) is 9.17. The summed E-state index contributed by atoms with van der Waals surface area (Å²) in [5, 5.41) is 12.5. The van der Waals surface area contributed by atoms with Gasteiger partial charge in [-0.05, 0) is 37.3 Å². The summed E-state index contributed by atoms with van der Waals surface area (Å²) in [7, 11) is 0. The van der Waals surface area contributed by atoms with Gasteiger partial charge < -0.3 is 14.2 Å². The average molecular weight is 388 g/mol. The van der Waals surface area contributed by atoms with Crippen LogP contribution in [0.5, 0.6) is 0 Å². The van der Waals surface area contributed by atoms with Crippen LogP contribution in [0, 0.1) is 18.3 Å². The van der Waals surface area contributed by atoms with Crippen molar-refractivity contribution in [3.05, 3.63) is 65.5 Å². The minimum Gasteiger partial charge on any atom is -0.443 e. The van der Waals surface area contributed by atoms with E-state index < -0.39 is 5.91 Å². The lowest BCUT2D eigenvalue weighted by Crippen LogP contribution is -2.14. The number of carbonyl (C=O) groups excluding carboxylic acids is 1. The number of carbonyl (C=O) groups is 1. The second-order valence-corrected chi connectivity index (χ2v) is 7.82. The molecule has 0 aliphatic heterocycles. The molecular formula is C22H20N4O3. The fraction of sp³-hybridized carbons (Fsp3) is 0.227. The minimum absolute atomic E-state index is 0.189. The second-order valence-electron chi connectivity index (χ2n) is 7.82. The maximum Gasteiger partial charge on any atom is 0.260 e. The Morgan fingerprint density at radius 1 is 1.21 bits per heavy atom. The molecule has 4 aromatic rings. The highest BCUT2D eigenvalue weighted by Gasteiger charge is 2.25. The summed E-state index contributed by atoms with van der Waals surface area (Å²) < 4.78 is 13.2. The smallest absolute Gasteiger partial charge is 0.260 e. The van der Waals surface area contributed by atoms with Gasteiger partial charge in [0, 0.05) is 23.5 Å². The summed E-state index contributed by atoms with van der Waals surface area (Å²) in [6, 6.07) is 11.0. The van der Waals surface area contributed by atoms with Crippen LogP contribution in [-0.4, -0.2) is 15.5 Å². The number of oxazole rings is 1. The van der Waals surface area contributed by atoms with Gasteiger partial charge in [-0.2, -0.15) is 5.26 Å². The van der Waals surface area contributed by atoms with Crippen LogP contribution in [0.1, 0.15) is 48.3 Å². The van der Waals surface area contributed by atoms with Gasteiger partial charge in [0.15, 0.2) is 5.58 Å². The van der Waals surface area contributed by atoms with E-state index in [1.807, 2.05) is 32.9 Å². The summed E-state index contributed by atoms with van der Waals surface area (Å²) in [5.74, 6) is 0.909. The molecule has 1 amide bonds. The number of amides is 1. The molecule has 0 saturated carbocycles. The molecule has 1 N–H and O–H groups in total. The largest absolute Gasteiger partial charge is 0.443 e. The summed E-state index contributed by atoms with van der Waals surface area (Å²) in [6.07, 6.45) is 3.51. The second kappa shape index (κ2) is 6.67. The third-order valence-electron chi connectivity index (χ3n) is 4.53. The topological polar surface area (TPSA) is 97.0 Å². The number of anilines is 1.